The molecule has 0 aliphatic carbocycles. The van der Waals surface area contributed by atoms with Gasteiger partial charge in [0.25, 0.3) is 0 Å². The van der Waals surface area contributed by atoms with E-state index in [1.165, 1.54) is 24.3 Å². The summed E-state index contributed by atoms with van der Waals surface area (Å²) in [6, 6.07) is 5.14. The van der Waals surface area contributed by atoms with Gasteiger partial charge in [-0.05, 0) is 68.9 Å². The lowest BCUT2D eigenvalue weighted by Gasteiger charge is -2.28. The smallest absolute Gasteiger partial charge is 0.241 e. The molecule has 0 saturated carbocycles. The molecular weight excluding hydrogens is 420 g/mol. The molecule has 1 aliphatic heterocycles. The first-order chi connectivity index (χ1) is 13.2. The molecule has 2 atom stereocenters. The second-order valence-electron chi connectivity index (χ2n) is 7.24. The monoisotopic (exact) mass is 448 g/mol. The van der Waals surface area contributed by atoms with Crippen molar-refractivity contribution < 1.29 is 17.9 Å². The van der Waals surface area contributed by atoms with Crippen LogP contribution in [0.2, 0.25) is 5.02 Å². The van der Waals surface area contributed by atoms with E-state index in [9.17, 15) is 13.2 Å². The first-order valence-electron chi connectivity index (χ1n) is 9.31. The number of halogens is 1. The Balaban J connectivity index is 2.15. The zero-order valence-electron chi connectivity index (χ0n) is 16.6. The summed E-state index contributed by atoms with van der Waals surface area (Å²) in [5, 5.41) is 0.458. The molecule has 1 saturated heterocycles. The second-order valence-corrected chi connectivity index (χ2v) is 10.4. The quantitative estimate of drug-likeness (QED) is 0.661. The topological polar surface area (TPSA) is 75.7 Å². The average molecular weight is 449 g/mol. The summed E-state index contributed by atoms with van der Waals surface area (Å²) in [6.07, 6.45) is 4.80. The summed E-state index contributed by atoms with van der Waals surface area (Å²) in [7, 11) is -2.12. The summed E-state index contributed by atoms with van der Waals surface area (Å²) in [5.74, 6) is 0.510. The molecule has 1 aromatic rings. The fourth-order valence-electron chi connectivity index (χ4n) is 3.23. The van der Waals surface area contributed by atoms with Gasteiger partial charge in [0.1, 0.15) is 6.04 Å². The minimum absolute atomic E-state index is 0.0988. The maximum absolute atomic E-state index is 13.1. The molecule has 2 unspecified atom stereocenters. The summed E-state index contributed by atoms with van der Waals surface area (Å²) in [4.78, 5) is 15.0. The Morgan fingerprint density at radius 1 is 1.32 bits per heavy atom. The average Bonchev–Trinajstić information content (AvgIpc) is 2.87. The molecule has 1 aliphatic rings. The van der Waals surface area contributed by atoms with Gasteiger partial charge in [-0.3, -0.25) is 4.79 Å². The van der Waals surface area contributed by atoms with Crippen LogP contribution < -0.4 is 4.72 Å². The van der Waals surface area contributed by atoms with Crippen LogP contribution in [-0.4, -0.2) is 63.1 Å². The molecule has 1 aromatic carbocycles. The van der Waals surface area contributed by atoms with E-state index < -0.39 is 16.1 Å². The molecule has 2 rings (SSSR count). The molecule has 9 heteroatoms. The normalized spacial score (nSPS) is 21.9. The van der Waals surface area contributed by atoms with E-state index in [0.29, 0.717) is 30.3 Å². The molecule has 1 amide bonds. The molecule has 0 spiro atoms. The van der Waals surface area contributed by atoms with Gasteiger partial charge in [-0.25, -0.2) is 8.42 Å². The largest absolute Gasteiger partial charge is 0.378 e. The molecule has 28 heavy (non-hydrogen) atoms. The first-order valence-corrected chi connectivity index (χ1v) is 12.6. The van der Waals surface area contributed by atoms with Crippen LogP contribution in [0.25, 0.3) is 0 Å². The van der Waals surface area contributed by atoms with E-state index in [-0.39, 0.29) is 16.4 Å². The predicted molar refractivity (Wildman–Crippen MR) is 114 cm³/mol. The van der Waals surface area contributed by atoms with Gasteiger partial charge in [-0.2, -0.15) is 16.5 Å². The van der Waals surface area contributed by atoms with Gasteiger partial charge in [0.15, 0.2) is 0 Å². The lowest BCUT2D eigenvalue weighted by Crippen LogP contribution is -2.49. The molecule has 1 heterocycles. The van der Waals surface area contributed by atoms with Crippen LogP contribution in [-0.2, 0) is 19.6 Å². The number of nitrogens with one attached hydrogen (secondary N) is 1. The van der Waals surface area contributed by atoms with Crippen LogP contribution in [0.4, 0.5) is 0 Å². The van der Waals surface area contributed by atoms with E-state index in [2.05, 4.69) is 11.6 Å². The minimum atomic E-state index is -3.82. The summed E-state index contributed by atoms with van der Waals surface area (Å²) in [5.41, 5.74) is -0.243. The highest BCUT2D eigenvalue weighted by atomic mass is 35.5. The highest BCUT2D eigenvalue weighted by Gasteiger charge is 2.33. The van der Waals surface area contributed by atoms with Crippen LogP contribution in [0, 0.1) is 0 Å². The van der Waals surface area contributed by atoms with Gasteiger partial charge < -0.3 is 9.64 Å². The Labute approximate surface area is 177 Å². The van der Waals surface area contributed by atoms with Crippen molar-refractivity contribution in [3.8, 4) is 0 Å². The van der Waals surface area contributed by atoms with E-state index in [1.54, 1.807) is 23.8 Å². The number of methoxy groups -OCH3 is 1. The Hall–Kier alpha value is -0.800. The van der Waals surface area contributed by atoms with Crippen molar-refractivity contribution in [3.05, 3.63) is 29.3 Å². The van der Waals surface area contributed by atoms with Crippen molar-refractivity contribution >= 4 is 39.3 Å². The summed E-state index contributed by atoms with van der Waals surface area (Å²) in [6.45, 7) is 3.22. The number of amides is 1. The number of likely N-dealkylation sites (tertiary alicyclic amines) is 1. The first kappa shape index (κ1) is 23.5. The van der Waals surface area contributed by atoms with Crippen molar-refractivity contribution in [1.82, 2.24) is 9.62 Å². The van der Waals surface area contributed by atoms with E-state index >= 15 is 0 Å². The number of carbonyl (C=O) groups excluding carboxylic acids is 1. The van der Waals surface area contributed by atoms with Crippen LogP contribution in [0.1, 0.15) is 32.6 Å². The molecule has 0 bridgehead atoms. The number of rotatable bonds is 8. The van der Waals surface area contributed by atoms with Crippen LogP contribution >= 0.6 is 23.4 Å². The highest BCUT2D eigenvalue weighted by Crippen LogP contribution is 2.26. The fraction of sp³-hybridized carbons (Fsp3) is 0.632. The fourth-order valence-corrected chi connectivity index (χ4v) is 5.06. The third kappa shape index (κ3) is 6.35. The zero-order chi connectivity index (χ0) is 20.8. The number of carbonyl (C=O) groups is 1. The van der Waals surface area contributed by atoms with Gasteiger partial charge in [0.05, 0.1) is 10.5 Å². The Kier molecular flexibility index (Phi) is 8.63. The number of ether oxygens (including phenoxy) is 1. The number of benzene rings is 1. The molecule has 6 nitrogen and oxygen atoms in total. The van der Waals surface area contributed by atoms with Crippen LogP contribution in [0.15, 0.2) is 29.2 Å². The molecule has 1 fully saturated rings. The summed E-state index contributed by atoms with van der Waals surface area (Å²) < 4.78 is 33.7. The van der Waals surface area contributed by atoms with Gasteiger partial charge >= 0.3 is 0 Å². The van der Waals surface area contributed by atoms with Gasteiger partial charge in [-0.1, -0.05) is 11.6 Å². The van der Waals surface area contributed by atoms with Gasteiger partial charge in [0.2, 0.25) is 15.9 Å². The maximum atomic E-state index is 13.1. The van der Waals surface area contributed by atoms with E-state index in [4.69, 9.17) is 16.3 Å². The van der Waals surface area contributed by atoms with Gasteiger partial charge in [0, 0.05) is 25.2 Å². The molecule has 1 N–H and O–H groups in total. The Bertz CT molecular complexity index is 758. The van der Waals surface area contributed by atoms with Crippen molar-refractivity contribution in [2.45, 2.75) is 49.1 Å². The highest BCUT2D eigenvalue weighted by molar-refractivity contribution is 7.98. The van der Waals surface area contributed by atoms with Gasteiger partial charge in [-0.15, -0.1) is 0 Å². The van der Waals surface area contributed by atoms with E-state index in [0.717, 1.165) is 19.3 Å². The van der Waals surface area contributed by atoms with Crippen LogP contribution in [0.3, 0.4) is 0 Å². The SMILES string of the molecule is COC1(C)CCCN(C(=O)C(CCSC)NS(=O)(=O)c2ccc(Cl)cc2)CC1. The predicted octanol–water partition coefficient (Wildman–Crippen LogP) is 3.16. The number of hydrogen-bond donors (Lipinski definition) is 1. The Morgan fingerprint density at radius 2 is 2.00 bits per heavy atom. The third-order valence-corrected chi connectivity index (χ3v) is 7.56. The third-order valence-electron chi connectivity index (χ3n) is 5.18. The van der Waals surface area contributed by atoms with Crippen molar-refractivity contribution in [2.75, 3.05) is 32.2 Å². The molecule has 158 valence electrons. The van der Waals surface area contributed by atoms with Crippen LogP contribution in [0.5, 0.6) is 0 Å². The standard InChI is InChI=1S/C19H29ClN2O4S2/c1-19(26-2)10-4-12-22(13-11-19)18(23)17(9-14-27-3)21-28(24,25)16-7-5-15(20)6-8-16/h5-8,17,21H,4,9-14H2,1-3H3. The van der Waals surface area contributed by atoms with Crippen molar-refractivity contribution in [3.63, 3.8) is 0 Å². The number of nitrogens with zero attached hydrogens (tertiary/aromatic N) is 1. The summed E-state index contributed by atoms with van der Waals surface area (Å²) >= 11 is 7.43. The molecule has 0 radical (unpaired) electrons. The zero-order valence-corrected chi connectivity index (χ0v) is 19.0. The minimum Gasteiger partial charge on any atom is -0.378 e. The molecule has 0 aromatic heterocycles. The Morgan fingerprint density at radius 3 is 2.61 bits per heavy atom. The number of thioether (sulfide) groups is 1. The second kappa shape index (κ2) is 10.3. The number of sulfonamides is 1. The van der Waals surface area contributed by atoms with Crippen molar-refractivity contribution in [1.29, 1.82) is 0 Å². The number of hydrogen-bond acceptors (Lipinski definition) is 5. The van der Waals surface area contributed by atoms with Crippen molar-refractivity contribution in [2.24, 2.45) is 0 Å². The lowest BCUT2D eigenvalue weighted by atomic mass is 9.97. The van der Waals surface area contributed by atoms with E-state index in [1.807, 2.05) is 6.26 Å². The maximum Gasteiger partial charge on any atom is 0.241 e. The molecular formula is C19H29ClN2O4S2. The lowest BCUT2D eigenvalue weighted by molar-refractivity contribution is -0.133.